The molecule has 0 spiro atoms. The molecule has 3 rings (SSSR count). The van der Waals surface area contributed by atoms with Gasteiger partial charge < -0.3 is 10.2 Å². The van der Waals surface area contributed by atoms with Gasteiger partial charge in [-0.25, -0.2) is 0 Å². The van der Waals surface area contributed by atoms with Crippen LogP contribution in [0.1, 0.15) is 12.8 Å². The van der Waals surface area contributed by atoms with Gasteiger partial charge >= 0.3 is 0 Å². The first-order valence-electron chi connectivity index (χ1n) is 7.87. The van der Waals surface area contributed by atoms with E-state index < -0.39 is 0 Å². The Bertz CT molecular complexity index is 616. The maximum absolute atomic E-state index is 12.4. The molecule has 1 fully saturated rings. The lowest BCUT2D eigenvalue weighted by atomic mass is 10.0. The third kappa shape index (κ3) is 3.37. The van der Waals surface area contributed by atoms with Crippen molar-refractivity contribution < 1.29 is 4.79 Å². The lowest BCUT2D eigenvalue weighted by Gasteiger charge is -2.19. The Hall–Kier alpha value is -2.13. The minimum atomic E-state index is 0.196. The fraction of sp³-hybridized carbons (Fsp3) is 0.316. The lowest BCUT2D eigenvalue weighted by Crippen LogP contribution is -2.28. The molecule has 1 aliphatic rings. The first-order chi connectivity index (χ1) is 10.7. The molecule has 0 radical (unpaired) electrons. The average molecular weight is 294 g/mol. The molecule has 2 aromatic rings. The number of carbonyl (C=O) groups excluding carboxylic acids is 1. The zero-order valence-corrected chi connectivity index (χ0v) is 13.0. The third-order valence-electron chi connectivity index (χ3n) is 4.36. The van der Waals surface area contributed by atoms with Gasteiger partial charge in [-0.15, -0.1) is 0 Å². The van der Waals surface area contributed by atoms with Gasteiger partial charge in [-0.2, -0.15) is 0 Å². The van der Waals surface area contributed by atoms with Crippen LogP contribution in [0.2, 0.25) is 0 Å². The first-order valence-corrected chi connectivity index (χ1v) is 7.87. The van der Waals surface area contributed by atoms with Crippen molar-refractivity contribution in [3.8, 4) is 11.1 Å². The third-order valence-corrected chi connectivity index (χ3v) is 4.36. The molecule has 0 aromatic heterocycles. The van der Waals surface area contributed by atoms with Gasteiger partial charge in [-0.3, -0.25) is 4.79 Å². The van der Waals surface area contributed by atoms with E-state index >= 15 is 0 Å². The van der Waals surface area contributed by atoms with Crippen LogP contribution in [0.3, 0.4) is 0 Å². The molecule has 1 atom stereocenters. The standard InChI is InChI=1S/C19H22N2O/c1-21(19(22)13-15-11-12-20-14-15)18-9-7-17(8-10-18)16-5-3-2-4-6-16/h2-10,15,20H,11-14H2,1H3/t15-/m1/s1. The molecule has 1 N–H and O–H groups in total. The van der Waals surface area contributed by atoms with E-state index in [9.17, 15) is 4.79 Å². The number of nitrogens with one attached hydrogen (secondary N) is 1. The number of anilines is 1. The van der Waals surface area contributed by atoms with Crippen LogP contribution in [0.4, 0.5) is 5.69 Å². The SMILES string of the molecule is CN(C(=O)C[C@H]1CCNC1)c1ccc(-c2ccccc2)cc1. The molecule has 0 saturated carbocycles. The Morgan fingerprint density at radius 1 is 1.09 bits per heavy atom. The average Bonchev–Trinajstić information content (AvgIpc) is 3.08. The summed E-state index contributed by atoms with van der Waals surface area (Å²) < 4.78 is 0. The Balaban J connectivity index is 1.68. The van der Waals surface area contributed by atoms with Crippen LogP contribution in [0.5, 0.6) is 0 Å². The number of benzene rings is 2. The van der Waals surface area contributed by atoms with Gasteiger partial charge in [0, 0.05) is 19.2 Å². The predicted octanol–water partition coefficient (Wildman–Crippen LogP) is 3.32. The van der Waals surface area contributed by atoms with Gasteiger partial charge in [0.2, 0.25) is 5.91 Å². The number of nitrogens with zero attached hydrogens (tertiary/aromatic N) is 1. The molecule has 0 unspecified atom stereocenters. The molecule has 1 aliphatic heterocycles. The molecule has 2 aromatic carbocycles. The van der Waals surface area contributed by atoms with E-state index in [4.69, 9.17) is 0 Å². The number of amides is 1. The molecule has 22 heavy (non-hydrogen) atoms. The van der Waals surface area contributed by atoms with E-state index in [1.165, 1.54) is 11.1 Å². The summed E-state index contributed by atoms with van der Waals surface area (Å²) in [6, 6.07) is 18.5. The molecule has 1 amide bonds. The molecule has 0 bridgehead atoms. The maximum atomic E-state index is 12.4. The largest absolute Gasteiger partial charge is 0.316 e. The summed E-state index contributed by atoms with van der Waals surface area (Å²) in [5, 5.41) is 3.31. The molecule has 1 saturated heterocycles. The second-order valence-electron chi connectivity index (χ2n) is 5.93. The highest BCUT2D eigenvalue weighted by Gasteiger charge is 2.20. The second kappa shape index (κ2) is 6.75. The van der Waals surface area contributed by atoms with E-state index in [2.05, 4.69) is 29.6 Å². The van der Waals surface area contributed by atoms with Crippen LogP contribution in [-0.2, 0) is 4.79 Å². The summed E-state index contributed by atoms with van der Waals surface area (Å²) in [6.45, 7) is 2.00. The van der Waals surface area contributed by atoms with Crippen molar-refractivity contribution in [3.63, 3.8) is 0 Å². The number of hydrogen-bond acceptors (Lipinski definition) is 2. The van der Waals surface area contributed by atoms with Crippen molar-refractivity contribution in [3.05, 3.63) is 54.6 Å². The summed E-state index contributed by atoms with van der Waals surface area (Å²) in [5.74, 6) is 0.680. The van der Waals surface area contributed by atoms with Gasteiger partial charge in [0.25, 0.3) is 0 Å². The summed E-state index contributed by atoms with van der Waals surface area (Å²) >= 11 is 0. The van der Waals surface area contributed by atoms with Crippen LogP contribution >= 0.6 is 0 Å². The monoisotopic (exact) mass is 294 g/mol. The second-order valence-corrected chi connectivity index (χ2v) is 5.93. The van der Waals surface area contributed by atoms with Gasteiger partial charge in [-0.05, 0) is 48.7 Å². The highest BCUT2D eigenvalue weighted by molar-refractivity contribution is 5.93. The Morgan fingerprint density at radius 2 is 1.77 bits per heavy atom. The van der Waals surface area contributed by atoms with Crippen LogP contribution in [0.25, 0.3) is 11.1 Å². The summed E-state index contributed by atoms with van der Waals surface area (Å²) in [5.41, 5.74) is 3.32. The van der Waals surface area contributed by atoms with Crippen molar-refractivity contribution in [2.24, 2.45) is 5.92 Å². The van der Waals surface area contributed by atoms with Crippen molar-refractivity contribution in [1.82, 2.24) is 5.32 Å². The van der Waals surface area contributed by atoms with E-state index in [1.807, 2.05) is 37.4 Å². The molecule has 1 heterocycles. The first kappa shape index (κ1) is 14.8. The fourth-order valence-corrected chi connectivity index (χ4v) is 2.92. The van der Waals surface area contributed by atoms with Crippen molar-refractivity contribution in [1.29, 1.82) is 0 Å². The summed E-state index contributed by atoms with van der Waals surface area (Å²) in [6.07, 6.45) is 1.73. The quantitative estimate of drug-likeness (QED) is 0.938. The maximum Gasteiger partial charge on any atom is 0.227 e. The zero-order chi connectivity index (χ0) is 15.4. The fourth-order valence-electron chi connectivity index (χ4n) is 2.92. The lowest BCUT2D eigenvalue weighted by molar-refractivity contribution is -0.119. The molecule has 0 aliphatic carbocycles. The van der Waals surface area contributed by atoms with Crippen LogP contribution in [0.15, 0.2) is 54.6 Å². The van der Waals surface area contributed by atoms with E-state index in [-0.39, 0.29) is 5.91 Å². The van der Waals surface area contributed by atoms with Crippen LogP contribution < -0.4 is 10.2 Å². The Labute approximate surface area is 132 Å². The van der Waals surface area contributed by atoms with E-state index in [0.717, 1.165) is 25.2 Å². The van der Waals surface area contributed by atoms with Gasteiger partial charge in [0.1, 0.15) is 0 Å². The Morgan fingerprint density at radius 3 is 2.41 bits per heavy atom. The number of carbonyl (C=O) groups is 1. The smallest absolute Gasteiger partial charge is 0.227 e. The highest BCUT2D eigenvalue weighted by atomic mass is 16.2. The van der Waals surface area contributed by atoms with Gasteiger partial charge in [0.05, 0.1) is 0 Å². The van der Waals surface area contributed by atoms with Crippen LogP contribution in [-0.4, -0.2) is 26.0 Å². The van der Waals surface area contributed by atoms with E-state index in [0.29, 0.717) is 12.3 Å². The number of rotatable bonds is 4. The van der Waals surface area contributed by atoms with Crippen molar-refractivity contribution >= 4 is 11.6 Å². The number of hydrogen-bond donors (Lipinski definition) is 1. The molecule has 114 valence electrons. The van der Waals surface area contributed by atoms with Crippen molar-refractivity contribution in [2.75, 3.05) is 25.0 Å². The molecule has 3 nitrogen and oxygen atoms in total. The van der Waals surface area contributed by atoms with E-state index in [1.54, 1.807) is 4.90 Å². The minimum absolute atomic E-state index is 0.196. The zero-order valence-electron chi connectivity index (χ0n) is 13.0. The summed E-state index contributed by atoms with van der Waals surface area (Å²) in [4.78, 5) is 14.1. The highest BCUT2D eigenvalue weighted by Crippen LogP contribution is 2.23. The van der Waals surface area contributed by atoms with Gasteiger partial charge in [-0.1, -0.05) is 42.5 Å². The van der Waals surface area contributed by atoms with Crippen LogP contribution in [0, 0.1) is 5.92 Å². The van der Waals surface area contributed by atoms with Crippen molar-refractivity contribution in [2.45, 2.75) is 12.8 Å². The molecular weight excluding hydrogens is 272 g/mol. The Kier molecular flexibility index (Phi) is 4.54. The summed E-state index contributed by atoms with van der Waals surface area (Å²) in [7, 11) is 1.86. The van der Waals surface area contributed by atoms with Gasteiger partial charge in [0.15, 0.2) is 0 Å². The topological polar surface area (TPSA) is 32.3 Å². The molecule has 3 heteroatoms. The normalized spacial score (nSPS) is 17.4. The predicted molar refractivity (Wildman–Crippen MR) is 90.9 cm³/mol. The molecular formula is C19H22N2O. The minimum Gasteiger partial charge on any atom is -0.316 e.